The van der Waals surface area contributed by atoms with Crippen molar-refractivity contribution in [2.75, 3.05) is 0 Å². The van der Waals surface area contributed by atoms with Crippen molar-refractivity contribution in [2.45, 2.75) is 17.9 Å². The van der Waals surface area contributed by atoms with Crippen LogP contribution in [0.2, 0.25) is 0 Å². The van der Waals surface area contributed by atoms with Gasteiger partial charge < -0.3 is 4.42 Å². The van der Waals surface area contributed by atoms with Gasteiger partial charge in [-0.3, -0.25) is 10.2 Å². The van der Waals surface area contributed by atoms with Gasteiger partial charge in [0.05, 0.1) is 17.3 Å². The Morgan fingerprint density at radius 3 is 3.15 bits per heavy atom. The second-order valence-electron chi connectivity index (χ2n) is 2.54. The molecule has 0 radical (unpaired) electrons. The van der Waals surface area contributed by atoms with E-state index < -0.39 is 0 Å². The average Bonchev–Trinajstić information content (AvgIpc) is 2.65. The first-order valence-electron chi connectivity index (χ1n) is 3.88. The highest BCUT2D eigenvalue weighted by Crippen LogP contribution is 2.17. The number of rotatable bonds is 4. The minimum absolute atomic E-state index is 0.157. The predicted octanol–water partition coefficient (Wildman–Crippen LogP) is 0.891. The molecule has 1 aromatic rings. The summed E-state index contributed by atoms with van der Waals surface area (Å²) < 4.78 is 5.11. The van der Waals surface area contributed by atoms with Gasteiger partial charge in [-0.15, -0.1) is 11.8 Å². The highest BCUT2D eigenvalue weighted by Gasteiger charge is 2.11. The number of carbonyl (C=O) groups excluding carboxylic acids is 1. The Hall–Kier alpha value is -0.940. The van der Waals surface area contributed by atoms with Crippen LogP contribution in [0.3, 0.4) is 0 Å². The molecular weight excluding hydrogens is 188 g/mol. The Bertz CT molecular complexity index is 261. The summed E-state index contributed by atoms with van der Waals surface area (Å²) >= 11 is 1.48. The lowest BCUT2D eigenvalue weighted by atomic mass is 10.5. The minimum atomic E-state index is -0.170. The molecule has 0 aromatic carbocycles. The number of hydrogen-bond acceptors (Lipinski definition) is 4. The minimum Gasteiger partial charge on any atom is -0.468 e. The number of amides is 1. The molecule has 1 rings (SSSR count). The number of furan rings is 1. The van der Waals surface area contributed by atoms with Gasteiger partial charge in [-0.1, -0.05) is 0 Å². The fourth-order valence-corrected chi connectivity index (χ4v) is 1.59. The third kappa shape index (κ3) is 3.12. The lowest BCUT2D eigenvalue weighted by Crippen LogP contribution is -2.36. The first-order valence-corrected chi connectivity index (χ1v) is 4.93. The molecule has 0 fully saturated rings. The molecule has 1 heterocycles. The van der Waals surface area contributed by atoms with Crippen LogP contribution in [0.5, 0.6) is 0 Å². The molecular formula is C8H12N2O2S. The third-order valence-corrected chi connectivity index (χ3v) is 2.73. The Morgan fingerprint density at radius 1 is 1.85 bits per heavy atom. The molecule has 0 aliphatic carbocycles. The molecule has 1 atom stereocenters. The summed E-state index contributed by atoms with van der Waals surface area (Å²) in [7, 11) is 0. The molecule has 3 N–H and O–H groups in total. The number of hydrazine groups is 1. The van der Waals surface area contributed by atoms with Crippen LogP contribution in [-0.2, 0) is 10.5 Å². The van der Waals surface area contributed by atoms with Crippen molar-refractivity contribution in [1.29, 1.82) is 0 Å². The molecule has 0 spiro atoms. The van der Waals surface area contributed by atoms with E-state index in [9.17, 15) is 4.79 Å². The zero-order valence-corrected chi connectivity index (χ0v) is 8.14. The van der Waals surface area contributed by atoms with Crippen LogP contribution in [0.1, 0.15) is 12.7 Å². The highest BCUT2D eigenvalue weighted by molar-refractivity contribution is 7.99. The molecule has 0 bridgehead atoms. The molecule has 0 aliphatic heterocycles. The second kappa shape index (κ2) is 4.94. The smallest absolute Gasteiger partial charge is 0.246 e. The number of nitrogens with two attached hydrogens (primary N) is 1. The van der Waals surface area contributed by atoms with E-state index in [2.05, 4.69) is 5.43 Å². The van der Waals surface area contributed by atoms with Crippen molar-refractivity contribution in [3.8, 4) is 0 Å². The Morgan fingerprint density at radius 2 is 2.62 bits per heavy atom. The van der Waals surface area contributed by atoms with Crippen LogP contribution in [0.4, 0.5) is 0 Å². The van der Waals surface area contributed by atoms with Crippen molar-refractivity contribution in [2.24, 2.45) is 5.84 Å². The molecule has 0 saturated heterocycles. The standard InChI is InChI=1S/C8H12N2O2S/c1-6(8(11)10-9)13-5-7-3-2-4-12-7/h2-4,6H,5,9H2,1H3,(H,10,11). The molecule has 5 heteroatoms. The largest absolute Gasteiger partial charge is 0.468 e. The van der Waals surface area contributed by atoms with E-state index in [4.69, 9.17) is 10.3 Å². The van der Waals surface area contributed by atoms with Crippen molar-refractivity contribution >= 4 is 17.7 Å². The van der Waals surface area contributed by atoms with E-state index >= 15 is 0 Å². The van der Waals surface area contributed by atoms with Gasteiger partial charge in [-0.05, 0) is 19.1 Å². The maximum absolute atomic E-state index is 11.0. The van der Waals surface area contributed by atoms with Gasteiger partial charge in [0.25, 0.3) is 0 Å². The van der Waals surface area contributed by atoms with Crippen LogP contribution in [-0.4, -0.2) is 11.2 Å². The fourth-order valence-electron chi connectivity index (χ4n) is 0.795. The monoisotopic (exact) mass is 200 g/mol. The average molecular weight is 200 g/mol. The van der Waals surface area contributed by atoms with E-state index in [-0.39, 0.29) is 11.2 Å². The predicted molar refractivity (Wildman–Crippen MR) is 51.8 cm³/mol. The maximum atomic E-state index is 11.0. The number of carbonyl (C=O) groups is 1. The molecule has 0 saturated carbocycles. The Labute approximate surface area is 80.8 Å². The SMILES string of the molecule is CC(SCc1ccco1)C(=O)NN. The van der Waals surface area contributed by atoms with Gasteiger partial charge in [0.15, 0.2) is 0 Å². The maximum Gasteiger partial charge on any atom is 0.246 e. The van der Waals surface area contributed by atoms with Gasteiger partial charge in [-0.25, -0.2) is 5.84 Å². The number of nitrogens with one attached hydrogen (secondary N) is 1. The van der Waals surface area contributed by atoms with Crippen LogP contribution in [0, 0.1) is 0 Å². The molecule has 13 heavy (non-hydrogen) atoms. The van der Waals surface area contributed by atoms with E-state index in [1.54, 1.807) is 13.2 Å². The molecule has 72 valence electrons. The summed E-state index contributed by atoms with van der Waals surface area (Å²) in [6, 6.07) is 3.70. The zero-order chi connectivity index (χ0) is 9.68. The van der Waals surface area contributed by atoms with E-state index in [0.29, 0.717) is 5.75 Å². The van der Waals surface area contributed by atoms with Crippen molar-refractivity contribution in [3.05, 3.63) is 24.2 Å². The lowest BCUT2D eigenvalue weighted by Gasteiger charge is -2.07. The van der Waals surface area contributed by atoms with Gasteiger partial charge in [-0.2, -0.15) is 0 Å². The van der Waals surface area contributed by atoms with Crippen LogP contribution >= 0.6 is 11.8 Å². The van der Waals surface area contributed by atoms with E-state index in [1.807, 2.05) is 12.1 Å². The molecule has 1 aromatic heterocycles. The highest BCUT2D eigenvalue weighted by atomic mass is 32.2. The van der Waals surface area contributed by atoms with E-state index in [1.165, 1.54) is 11.8 Å². The van der Waals surface area contributed by atoms with Gasteiger partial charge >= 0.3 is 0 Å². The second-order valence-corrected chi connectivity index (χ2v) is 3.87. The summed E-state index contributed by atoms with van der Waals surface area (Å²) in [5, 5.41) is -0.157. The topological polar surface area (TPSA) is 68.3 Å². The van der Waals surface area contributed by atoms with Gasteiger partial charge in [0.1, 0.15) is 5.76 Å². The molecule has 4 nitrogen and oxygen atoms in total. The van der Waals surface area contributed by atoms with Gasteiger partial charge in [0.2, 0.25) is 5.91 Å². The van der Waals surface area contributed by atoms with Gasteiger partial charge in [0, 0.05) is 0 Å². The van der Waals surface area contributed by atoms with Crippen LogP contribution in [0.25, 0.3) is 0 Å². The summed E-state index contributed by atoms with van der Waals surface area (Å²) in [5.74, 6) is 6.36. The first kappa shape index (κ1) is 10.1. The van der Waals surface area contributed by atoms with Crippen LogP contribution < -0.4 is 11.3 Å². The van der Waals surface area contributed by atoms with Crippen molar-refractivity contribution in [1.82, 2.24) is 5.43 Å². The van der Waals surface area contributed by atoms with Crippen molar-refractivity contribution in [3.63, 3.8) is 0 Å². The zero-order valence-electron chi connectivity index (χ0n) is 7.32. The Balaban J connectivity index is 2.30. The van der Waals surface area contributed by atoms with E-state index in [0.717, 1.165) is 5.76 Å². The fraction of sp³-hybridized carbons (Fsp3) is 0.375. The summed E-state index contributed by atoms with van der Waals surface area (Å²) in [4.78, 5) is 11.0. The quantitative estimate of drug-likeness (QED) is 0.430. The molecule has 0 aliphatic rings. The summed E-state index contributed by atoms with van der Waals surface area (Å²) in [6.45, 7) is 1.80. The number of hydrogen-bond donors (Lipinski definition) is 2. The molecule has 1 amide bonds. The number of thioether (sulfide) groups is 1. The van der Waals surface area contributed by atoms with Crippen molar-refractivity contribution < 1.29 is 9.21 Å². The normalized spacial score (nSPS) is 12.5. The summed E-state index contributed by atoms with van der Waals surface area (Å²) in [5.41, 5.74) is 2.10. The van der Waals surface area contributed by atoms with Crippen LogP contribution in [0.15, 0.2) is 22.8 Å². The molecule has 1 unspecified atom stereocenters. The summed E-state index contributed by atoms with van der Waals surface area (Å²) in [6.07, 6.45) is 1.61. The lowest BCUT2D eigenvalue weighted by molar-refractivity contribution is -0.120. The third-order valence-electron chi connectivity index (χ3n) is 1.57. The first-order chi connectivity index (χ1) is 6.24. The Kier molecular flexibility index (Phi) is 3.85.